The molecule has 2 aromatic rings. The third kappa shape index (κ3) is 1.83. The first-order valence-electron chi connectivity index (χ1n) is 10.7. The van der Waals surface area contributed by atoms with Crippen molar-refractivity contribution in [1.82, 2.24) is 9.80 Å². The highest BCUT2D eigenvalue weighted by molar-refractivity contribution is 6.23. The molecule has 0 unspecified atom stereocenters. The maximum absolute atomic E-state index is 14.0. The van der Waals surface area contributed by atoms with Crippen LogP contribution in [-0.2, 0) is 15.1 Å². The van der Waals surface area contributed by atoms with E-state index >= 15 is 0 Å². The molecule has 3 fully saturated rings. The minimum absolute atomic E-state index is 0.0104. The Kier molecular flexibility index (Phi) is 3.31. The summed E-state index contributed by atoms with van der Waals surface area (Å²) in [6.45, 7) is 5.23. The van der Waals surface area contributed by atoms with Crippen LogP contribution in [0.15, 0.2) is 36.4 Å². The van der Waals surface area contributed by atoms with Gasteiger partial charge in [0.05, 0.1) is 11.8 Å². The average Bonchev–Trinajstić information content (AvgIpc) is 3.39. The molecule has 6 rings (SSSR count). The highest BCUT2D eigenvalue weighted by atomic mass is 16.2. The summed E-state index contributed by atoms with van der Waals surface area (Å²) in [6, 6.07) is 11.8. The first-order valence-corrected chi connectivity index (χ1v) is 10.7. The number of ketones is 1. The van der Waals surface area contributed by atoms with E-state index in [-0.39, 0.29) is 29.6 Å². The van der Waals surface area contributed by atoms with Crippen LogP contribution in [0.1, 0.15) is 42.6 Å². The van der Waals surface area contributed by atoms with E-state index in [0.29, 0.717) is 12.1 Å². The summed E-state index contributed by atoms with van der Waals surface area (Å²) in [5.41, 5.74) is 0.613. The van der Waals surface area contributed by atoms with Crippen molar-refractivity contribution in [2.45, 2.75) is 38.3 Å². The molecule has 148 valence electrons. The van der Waals surface area contributed by atoms with Gasteiger partial charge < -0.3 is 0 Å². The van der Waals surface area contributed by atoms with Crippen molar-refractivity contribution in [3.8, 4) is 0 Å². The summed E-state index contributed by atoms with van der Waals surface area (Å²) in [5, 5.41) is 1.99. The third-order valence-corrected chi connectivity index (χ3v) is 7.51. The molecule has 4 aliphatic rings. The number of likely N-dealkylation sites (tertiary alicyclic amines) is 1. The molecule has 0 N–H and O–H groups in total. The van der Waals surface area contributed by atoms with Crippen molar-refractivity contribution in [2.75, 3.05) is 13.1 Å². The zero-order chi connectivity index (χ0) is 20.1. The number of hydrogen-bond acceptors (Lipinski definition) is 4. The van der Waals surface area contributed by atoms with Gasteiger partial charge in [0.2, 0.25) is 11.8 Å². The van der Waals surface area contributed by atoms with Crippen molar-refractivity contribution in [3.05, 3.63) is 47.5 Å². The lowest BCUT2D eigenvalue weighted by Crippen LogP contribution is -2.53. The van der Waals surface area contributed by atoms with Crippen LogP contribution in [0.3, 0.4) is 0 Å². The Morgan fingerprint density at radius 2 is 1.83 bits per heavy atom. The third-order valence-electron chi connectivity index (χ3n) is 7.51. The molecule has 1 spiro atoms. The fourth-order valence-electron chi connectivity index (χ4n) is 6.67. The second kappa shape index (κ2) is 5.54. The Morgan fingerprint density at radius 3 is 2.59 bits per heavy atom. The highest BCUT2D eigenvalue weighted by Gasteiger charge is 2.74. The van der Waals surface area contributed by atoms with Gasteiger partial charge in [-0.1, -0.05) is 50.2 Å². The number of amides is 2. The van der Waals surface area contributed by atoms with Gasteiger partial charge in [-0.2, -0.15) is 0 Å². The van der Waals surface area contributed by atoms with Crippen LogP contribution in [0.4, 0.5) is 0 Å². The largest absolute Gasteiger partial charge is 0.292 e. The van der Waals surface area contributed by atoms with E-state index in [1.807, 2.05) is 50.2 Å². The molecular weight excluding hydrogens is 364 g/mol. The molecule has 29 heavy (non-hydrogen) atoms. The van der Waals surface area contributed by atoms with Gasteiger partial charge in [-0.05, 0) is 41.6 Å². The highest BCUT2D eigenvalue weighted by Crippen LogP contribution is 2.61. The normalized spacial score (nSPS) is 33.0. The molecule has 1 aliphatic carbocycles. The molecule has 0 aromatic heterocycles. The SMILES string of the molecule is CC(C)CN1C(=O)[C@H]2[C@@H](C1=O)[C@]1(C(=O)c3cccc4cccc1c34)N1CCC[C@@H]21. The number of imide groups is 1. The predicted octanol–water partition coefficient (Wildman–Crippen LogP) is 2.97. The molecule has 2 amide bonds. The molecule has 3 saturated heterocycles. The van der Waals surface area contributed by atoms with E-state index in [2.05, 4.69) is 4.90 Å². The van der Waals surface area contributed by atoms with Gasteiger partial charge in [-0.25, -0.2) is 0 Å². The second-order valence-corrected chi connectivity index (χ2v) is 9.39. The van der Waals surface area contributed by atoms with Crippen molar-refractivity contribution < 1.29 is 14.4 Å². The smallest absolute Gasteiger partial charge is 0.235 e. The van der Waals surface area contributed by atoms with Crippen LogP contribution in [0.25, 0.3) is 10.8 Å². The maximum atomic E-state index is 14.0. The van der Waals surface area contributed by atoms with Gasteiger partial charge in [0.25, 0.3) is 0 Å². The van der Waals surface area contributed by atoms with Crippen LogP contribution in [0, 0.1) is 17.8 Å². The average molecular weight is 388 g/mol. The lowest BCUT2D eigenvalue weighted by atomic mass is 9.74. The zero-order valence-electron chi connectivity index (χ0n) is 16.7. The Morgan fingerprint density at radius 1 is 1.07 bits per heavy atom. The maximum Gasteiger partial charge on any atom is 0.235 e. The van der Waals surface area contributed by atoms with E-state index in [9.17, 15) is 14.4 Å². The fourth-order valence-corrected chi connectivity index (χ4v) is 6.67. The first kappa shape index (κ1) is 17.3. The van der Waals surface area contributed by atoms with Crippen LogP contribution in [0.5, 0.6) is 0 Å². The van der Waals surface area contributed by atoms with Crippen molar-refractivity contribution in [2.24, 2.45) is 17.8 Å². The Labute approximate surface area is 169 Å². The van der Waals surface area contributed by atoms with Gasteiger partial charge in [0, 0.05) is 18.2 Å². The number of fused-ring (bicyclic) bond motifs is 6. The molecule has 5 nitrogen and oxygen atoms in total. The van der Waals surface area contributed by atoms with Gasteiger partial charge >= 0.3 is 0 Å². The Hall–Kier alpha value is -2.53. The molecule has 3 heterocycles. The summed E-state index contributed by atoms with van der Waals surface area (Å²) < 4.78 is 0. The quantitative estimate of drug-likeness (QED) is 0.743. The molecule has 5 heteroatoms. The topological polar surface area (TPSA) is 57.7 Å². The van der Waals surface area contributed by atoms with Gasteiger partial charge in [0.1, 0.15) is 5.54 Å². The standard InChI is InChI=1S/C24H24N2O3/c1-13(2)12-25-22(28)19-17-10-5-11-26(17)24(20(19)23(25)29)16-9-4-7-14-6-3-8-15(18(14)16)21(24)27/h3-4,6-9,13,17,19-20H,5,10-12H2,1-2H3/t17-,19+,20-,24+/m0/s1. The van der Waals surface area contributed by atoms with Gasteiger partial charge in [-0.3, -0.25) is 24.2 Å². The zero-order valence-corrected chi connectivity index (χ0v) is 16.7. The summed E-state index contributed by atoms with van der Waals surface area (Å²) in [4.78, 5) is 44.8. The van der Waals surface area contributed by atoms with E-state index in [1.54, 1.807) is 0 Å². The number of Topliss-reactive ketones (excluding diaryl/α,β-unsaturated/α-hetero) is 1. The van der Waals surface area contributed by atoms with Gasteiger partial charge in [-0.15, -0.1) is 0 Å². The fraction of sp³-hybridized carbons (Fsp3) is 0.458. The number of rotatable bonds is 2. The number of nitrogens with zero attached hydrogens (tertiary/aromatic N) is 2. The number of carbonyl (C=O) groups excluding carboxylic acids is 3. The molecule has 3 aliphatic heterocycles. The van der Waals surface area contributed by atoms with Gasteiger partial charge in [0.15, 0.2) is 5.78 Å². The van der Waals surface area contributed by atoms with E-state index in [1.165, 1.54) is 4.90 Å². The monoisotopic (exact) mass is 388 g/mol. The Bertz CT molecular complexity index is 1100. The summed E-state index contributed by atoms with van der Waals surface area (Å²) >= 11 is 0. The van der Waals surface area contributed by atoms with Crippen LogP contribution in [0.2, 0.25) is 0 Å². The molecule has 2 aromatic carbocycles. The van der Waals surface area contributed by atoms with E-state index < -0.39 is 17.4 Å². The minimum atomic E-state index is -1.02. The molecular formula is C24H24N2O3. The van der Waals surface area contributed by atoms with Crippen molar-refractivity contribution in [3.63, 3.8) is 0 Å². The minimum Gasteiger partial charge on any atom is -0.292 e. The van der Waals surface area contributed by atoms with E-state index in [0.717, 1.165) is 35.7 Å². The summed E-state index contributed by atoms with van der Waals surface area (Å²) in [7, 11) is 0. The van der Waals surface area contributed by atoms with Crippen LogP contribution >= 0.6 is 0 Å². The molecule has 0 bridgehead atoms. The first-order chi connectivity index (χ1) is 14.0. The number of carbonyl (C=O) groups is 3. The second-order valence-electron chi connectivity index (χ2n) is 9.39. The molecule has 4 atom stereocenters. The molecule has 0 radical (unpaired) electrons. The van der Waals surface area contributed by atoms with E-state index in [4.69, 9.17) is 0 Å². The molecule has 0 saturated carbocycles. The lowest BCUT2D eigenvalue weighted by molar-refractivity contribution is -0.142. The number of hydrogen-bond donors (Lipinski definition) is 0. The van der Waals surface area contributed by atoms with Crippen molar-refractivity contribution >= 4 is 28.4 Å². The van der Waals surface area contributed by atoms with Crippen molar-refractivity contribution in [1.29, 1.82) is 0 Å². The predicted molar refractivity (Wildman–Crippen MR) is 108 cm³/mol. The van der Waals surface area contributed by atoms with Crippen LogP contribution < -0.4 is 0 Å². The summed E-state index contributed by atoms with van der Waals surface area (Å²) in [6.07, 6.45) is 1.83. The van der Waals surface area contributed by atoms with Crippen LogP contribution in [-0.4, -0.2) is 46.5 Å². The lowest BCUT2D eigenvalue weighted by Gasteiger charge is -2.38. The summed E-state index contributed by atoms with van der Waals surface area (Å²) in [5.74, 6) is -1.02. The Balaban J connectivity index is 1.62. The number of benzene rings is 2.